The molecule has 0 bridgehead atoms. The Bertz CT molecular complexity index is 476. The third-order valence-corrected chi connectivity index (χ3v) is 3.25. The molecule has 2 aromatic rings. The van der Waals surface area contributed by atoms with Crippen molar-refractivity contribution in [1.82, 2.24) is 9.78 Å². The first-order chi connectivity index (χ1) is 8.19. The van der Waals surface area contributed by atoms with Crippen molar-refractivity contribution < 1.29 is 0 Å². The van der Waals surface area contributed by atoms with Crippen LogP contribution < -0.4 is 5.32 Å². The standard InChI is InChI=1S/C13H16BrN3/c1-3-12(10-4-6-11(14)7-5-10)15-13-8-9-17(2)16-13/h4-9,12H,3H2,1-2H3,(H,15,16). The van der Waals surface area contributed by atoms with Gasteiger partial charge in [0, 0.05) is 23.8 Å². The lowest BCUT2D eigenvalue weighted by Crippen LogP contribution is -2.10. The molecule has 0 aliphatic heterocycles. The molecule has 0 aliphatic carbocycles. The Kier molecular flexibility index (Phi) is 3.84. The molecule has 0 radical (unpaired) electrons. The molecule has 1 N–H and O–H groups in total. The molecule has 1 atom stereocenters. The summed E-state index contributed by atoms with van der Waals surface area (Å²) in [5, 5.41) is 7.78. The second-order valence-corrected chi connectivity index (χ2v) is 4.95. The lowest BCUT2D eigenvalue weighted by Gasteiger charge is -2.17. The van der Waals surface area contributed by atoms with Crippen LogP contribution in [-0.2, 0) is 7.05 Å². The van der Waals surface area contributed by atoms with Gasteiger partial charge in [-0.25, -0.2) is 0 Å². The van der Waals surface area contributed by atoms with E-state index >= 15 is 0 Å². The maximum Gasteiger partial charge on any atom is 0.148 e. The third kappa shape index (κ3) is 3.09. The average molecular weight is 294 g/mol. The molecule has 1 aromatic heterocycles. The number of hydrogen-bond donors (Lipinski definition) is 1. The van der Waals surface area contributed by atoms with E-state index in [1.807, 2.05) is 19.3 Å². The van der Waals surface area contributed by atoms with E-state index in [4.69, 9.17) is 0 Å². The lowest BCUT2D eigenvalue weighted by molar-refractivity contribution is 0.724. The summed E-state index contributed by atoms with van der Waals surface area (Å²) in [6.07, 6.45) is 2.97. The molecule has 4 heteroatoms. The first-order valence-corrected chi connectivity index (χ1v) is 6.50. The number of nitrogens with zero attached hydrogens (tertiary/aromatic N) is 2. The first kappa shape index (κ1) is 12.2. The average Bonchev–Trinajstić information content (AvgIpc) is 2.73. The van der Waals surface area contributed by atoms with Gasteiger partial charge in [-0.2, -0.15) is 5.10 Å². The van der Waals surface area contributed by atoms with E-state index in [-0.39, 0.29) is 0 Å². The molecule has 0 spiro atoms. The van der Waals surface area contributed by atoms with Crippen molar-refractivity contribution in [3.8, 4) is 0 Å². The van der Waals surface area contributed by atoms with Gasteiger partial charge in [-0.1, -0.05) is 35.0 Å². The van der Waals surface area contributed by atoms with E-state index in [0.29, 0.717) is 6.04 Å². The summed E-state index contributed by atoms with van der Waals surface area (Å²) in [6, 6.07) is 10.7. The Balaban J connectivity index is 2.13. The van der Waals surface area contributed by atoms with E-state index in [9.17, 15) is 0 Å². The van der Waals surface area contributed by atoms with Gasteiger partial charge in [0.05, 0.1) is 6.04 Å². The second kappa shape index (κ2) is 5.36. The molecular formula is C13H16BrN3. The molecule has 1 unspecified atom stereocenters. The van der Waals surface area contributed by atoms with Crippen LogP contribution in [0.2, 0.25) is 0 Å². The van der Waals surface area contributed by atoms with Crippen molar-refractivity contribution in [2.24, 2.45) is 7.05 Å². The van der Waals surface area contributed by atoms with Crippen LogP contribution >= 0.6 is 15.9 Å². The topological polar surface area (TPSA) is 29.9 Å². The maximum absolute atomic E-state index is 4.34. The minimum absolute atomic E-state index is 0.304. The van der Waals surface area contributed by atoms with Crippen LogP contribution in [0.25, 0.3) is 0 Å². The van der Waals surface area contributed by atoms with Gasteiger partial charge in [0.2, 0.25) is 0 Å². The van der Waals surface area contributed by atoms with Crippen molar-refractivity contribution in [2.75, 3.05) is 5.32 Å². The molecule has 0 aliphatic rings. The number of aromatic nitrogens is 2. The van der Waals surface area contributed by atoms with Gasteiger partial charge >= 0.3 is 0 Å². The highest BCUT2D eigenvalue weighted by Crippen LogP contribution is 2.23. The second-order valence-electron chi connectivity index (χ2n) is 4.03. The fourth-order valence-corrected chi connectivity index (χ4v) is 2.05. The Labute approximate surface area is 110 Å². The van der Waals surface area contributed by atoms with Crippen molar-refractivity contribution in [1.29, 1.82) is 0 Å². The van der Waals surface area contributed by atoms with Gasteiger partial charge in [-0.15, -0.1) is 0 Å². The first-order valence-electron chi connectivity index (χ1n) is 5.70. The summed E-state index contributed by atoms with van der Waals surface area (Å²) in [7, 11) is 1.92. The Morgan fingerprint density at radius 2 is 2.00 bits per heavy atom. The smallest absolute Gasteiger partial charge is 0.148 e. The Morgan fingerprint density at radius 1 is 1.29 bits per heavy atom. The minimum atomic E-state index is 0.304. The van der Waals surface area contributed by atoms with Gasteiger partial charge in [0.25, 0.3) is 0 Å². The number of benzene rings is 1. The van der Waals surface area contributed by atoms with Gasteiger partial charge in [0.15, 0.2) is 0 Å². The van der Waals surface area contributed by atoms with E-state index in [2.05, 4.69) is 57.5 Å². The van der Waals surface area contributed by atoms with Crippen molar-refractivity contribution in [3.63, 3.8) is 0 Å². The van der Waals surface area contributed by atoms with Crippen LogP contribution in [0, 0.1) is 0 Å². The van der Waals surface area contributed by atoms with Crippen LogP contribution in [-0.4, -0.2) is 9.78 Å². The molecular weight excluding hydrogens is 278 g/mol. The molecule has 3 nitrogen and oxygen atoms in total. The monoisotopic (exact) mass is 293 g/mol. The summed E-state index contributed by atoms with van der Waals surface area (Å²) in [4.78, 5) is 0. The van der Waals surface area contributed by atoms with Gasteiger partial charge in [0.1, 0.15) is 5.82 Å². The van der Waals surface area contributed by atoms with Crippen LogP contribution in [0.4, 0.5) is 5.82 Å². The van der Waals surface area contributed by atoms with Crippen molar-refractivity contribution in [2.45, 2.75) is 19.4 Å². The minimum Gasteiger partial charge on any atom is -0.362 e. The number of nitrogens with one attached hydrogen (secondary N) is 1. The van der Waals surface area contributed by atoms with Crippen LogP contribution in [0.1, 0.15) is 24.9 Å². The predicted molar refractivity (Wildman–Crippen MR) is 74.0 cm³/mol. The highest BCUT2D eigenvalue weighted by Gasteiger charge is 2.09. The van der Waals surface area contributed by atoms with Crippen LogP contribution in [0.5, 0.6) is 0 Å². The van der Waals surface area contributed by atoms with Crippen LogP contribution in [0.3, 0.4) is 0 Å². The van der Waals surface area contributed by atoms with Gasteiger partial charge < -0.3 is 5.32 Å². The molecule has 17 heavy (non-hydrogen) atoms. The summed E-state index contributed by atoms with van der Waals surface area (Å²) in [5.74, 6) is 0.919. The molecule has 1 heterocycles. The number of rotatable bonds is 4. The zero-order chi connectivity index (χ0) is 12.3. The van der Waals surface area contributed by atoms with E-state index in [0.717, 1.165) is 16.7 Å². The number of halogens is 1. The summed E-state index contributed by atoms with van der Waals surface area (Å²) < 4.78 is 2.91. The largest absolute Gasteiger partial charge is 0.362 e. The highest BCUT2D eigenvalue weighted by atomic mass is 79.9. The molecule has 0 amide bonds. The fraction of sp³-hybridized carbons (Fsp3) is 0.308. The fourth-order valence-electron chi connectivity index (χ4n) is 1.79. The number of aryl methyl sites for hydroxylation is 1. The van der Waals surface area contributed by atoms with E-state index < -0.39 is 0 Å². The summed E-state index contributed by atoms with van der Waals surface area (Å²) >= 11 is 3.45. The highest BCUT2D eigenvalue weighted by molar-refractivity contribution is 9.10. The quantitative estimate of drug-likeness (QED) is 0.930. The van der Waals surface area contributed by atoms with Gasteiger partial charge in [-0.3, -0.25) is 4.68 Å². The molecule has 0 saturated heterocycles. The van der Waals surface area contributed by atoms with Crippen molar-refractivity contribution in [3.05, 3.63) is 46.6 Å². The van der Waals surface area contributed by atoms with Gasteiger partial charge in [-0.05, 0) is 24.1 Å². The molecule has 90 valence electrons. The number of anilines is 1. The molecule has 1 aromatic carbocycles. The third-order valence-electron chi connectivity index (χ3n) is 2.72. The Hall–Kier alpha value is -1.29. The van der Waals surface area contributed by atoms with Crippen molar-refractivity contribution >= 4 is 21.7 Å². The Morgan fingerprint density at radius 3 is 2.53 bits per heavy atom. The number of hydrogen-bond acceptors (Lipinski definition) is 2. The van der Waals surface area contributed by atoms with Crippen LogP contribution in [0.15, 0.2) is 41.0 Å². The zero-order valence-electron chi connectivity index (χ0n) is 10.0. The lowest BCUT2D eigenvalue weighted by atomic mass is 10.0. The zero-order valence-corrected chi connectivity index (χ0v) is 11.6. The molecule has 0 saturated carbocycles. The molecule has 2 rings (SSSR count). The summed E-state index contributed by atoms with van der Waals surface area (Å²) in [6.45, 7) is 2.17. The summed E-state index contributed by atoms with van der Waals surface area (Å²) in [5.41, 5.74) is 1.28. The molecule has 0 fully saturated rings. The normalized spacial score (nSPS) is 12.4. The van der Waals surface area contributed by atoms with E-state index in [1.54, 1.807) is 4.68 Å². The maximum atomic E-state index is 4.34. The predicted octanol–water partition coefficient (Wildman–Crippen LogP) is 3.75. The van der Waals surface area contributed by atoms with E-state index in [1.165, 1.54) is 5.56 Å². The SMILES string of the molecule is CCC(Nc1ccn(C)n1)c1ccc(Br)cc1.